The normalized spacial score (nSPS) is 18.0. The van der Waals surface area contributed by atoms with Crippen molar-refractivity contribution in [3.05, 3.63) is 30.7 Å². The smallest absolute Gasteiger partial charge is 0.354 e. The highest BCUT2D eigenvalue weighted by atomic mass is 19.4. The van der Waals surface area contributed by atoms with E-state index >= 15 is 0 Å². The molecule has 1 N–H and O–H groups in total. The Kier molecular flexibility index (Phi) is 4.60. The van der Waals surface area contributed by atoms with E-state index in [4.69, 9.17) is 0 Å². The van der Waals surface area contributed by atoms with Gasteiger partial charge in [-0.2, -0.15) is 13.2 Å². The molecule has 1 aliphatic rings. The topological polar surface area (TPSA) is 65.1 Å². The Morgan fingerprint density at radius 3 is 2.96 bits per heavy atom. The van der Waals surface area contributed by atoms with E-state index in [0.29, 0.717) is 13.0 Å². The van der Waals surface area contributed by atoms with Gasteiger partial charge in [0, 0.05) is 60.9 Å². The summed E-state index contributed by atoms with van der Waals surface area (Å²) in [4.78, 5) is 27.3. The predicted octanol–water partition coefficient (Wildman–Crippen LogP) is 3.49. The second kappa shape index (κ2) is 6.96. The Morgan fingerprint density at radius 2 is 2.18 bits per heavy atom. The number of likely N-dealkylation sites (N-methyl/N-ethyl adjacent to an activating group) is 1. The first kappa shape index (κ1) is 18.5. The highest BCUT2D eigenvalue weighted by Crippen LogP contribution is 2.32. The number of nitrogens with zero attached hydrogens (tertiary/aromatic N) is 4. The summed E-state index contributed by atoms with van der Waals surface area (Å²) in [5.41, 5.74) is 0.757. The Bertz CT molecular complexity index is 1020. The second-order valence-corrected chi connectivity index (χ2v) is 7.14. The number of fused-ring (bicyclic) bond motifs is 3. The number of rotatable bonds is 3. The molecule has 3 aromatic heterocycles. The molecule has 6 nitrogen and oxygen atoms in total. The molecular formula is C19H20F3N5O. The lowest BCUT2D eigenvalue weighted by Gasteiger charge is -2.38. The van der Waals surface area contributed by atoms with Crippen molar-refractivity contribution < 1.29 is 18.0 Å². The van der Waals surface area contributed by atoms with Gasteiger partial charge in [-0.25, -0.2) is 9.97 Å². The maximum absolute atomic E-state index is 12.6. The first-order valence-electron chi connectivity index (χ1n) is 9.11. The fraction of sp³-hybridized carbons (Fsp3) is 0.421. The van der Waals surface area contributed by atoms with E-state index < -0.39 is 18.5 Å². The zero-order valence-electron chi connectivity index (χ0n) is 15.3. The van der Waals surface area contributed by atoms with Crippen molar-refractivity contribution in [1.29, 1.82) is 0 Å². The van der Waals surface area contributed by atoms with Gasteiger partial charge in [0.1, 0.15) is 17.9 Å². The quantitative estimate of drug-likeness (QED) is 0.742. The number of hydrogen-bond donors (Lipinski definition) is 1. The van der Waals surface area contributed by atoms with Gasteiger partial charge in [-0.15, -0.1) is 0 Å². The number of hydrogen-bond acceptors (Lipinski definition) is 4. The number of carbonyl (C=O) groups excluding carboxylic acids is 1. The third-order valence-corrected chi connectivity index (χ3v) is 5.28. The summed E-state index contributed by atoms with van der Waals surface area (Å²) >= 11 is 0. The van der Waals surface area contributed by atoms with Crippen LogP contribution in [0.25, 0.3) is 21.8 Å². The van der Waals surface area contributed by atoms with Crippen LogP contribution in [0.3, 0.4) is 0 Å². The summed E-state index contributed by atoms with van der Waals surface area (Å²) < 4.78 is 37.8. The summed E-state index contributed by atoms with van der Waals surface area (Å²) in [6.45, 7) is 1.18. The standard InChI is InChI=1S/C19H20F3N5O/c1-26(15(28)9-19(20,21)22)13-3-2-8-27(11-13)18-16-12(4-6-24-18)10-25-17-14(16)5-7-23-17/h4-7,10,13H,2-3,8-9,11H2,1H3,(H,23,25). The maximum atomic E-state index is 12.6. The third-order valence-electron chi connectivity index (χ3n) is 5.28. The monoisotopic (exact) mass is 391 g/mol. The zero-order valence-corrected chi connectivity index (χ0v) is 15.3. The molecule has 3 aromatic rings. The van der Waals surface area contributed by atoms with E-state index in [0.717, 1.165) is 40.6 Å². The molecule has 1 aliphatic heterocycles. The fourth-order valence-electron chi connectivity index (χ4n) is 3.85. The van der Waals surface area contributed by atoms with Crippen LogP contribution in [-0.2, 0) is 4.79 Å². The van der Waals surface area contributed by atoms with Crippen molar-refractivity contribution in [1.82, 2.24) is 19.9 Å². The Morgan fingerprint density at radius 1 is 1.36 bits per heavy atom. The molecule has 0 bridgehead atoms. The van der Waals surface area contributed by atoms with Crippen molar-refractivity contribution >= 4 is 33.5 Å². The maximum Gasteiger partial charge on any atom is 0.397 e. The molecule has 1 unspecified atom stereocenters. The van der Waals surface area contributed by atoms with Crippen LogP contribution in [0.2, 0.25) is 0 Å². The van der Waals surface area contributed by atoms with E-state index in [9.17, 15) is 18.0 Å². The van der Waals surface area contributed by atoms with Gasteiger partial charge in [0.25, 0.3) is 0 Å². The molecule has 28 heavy (non-hydrogen) atoms. The van der Waals surface area contributed by atoms with Gasteiger partial charge < -0.3 is 14.8 Å². The number of H-pyrrole nitrogens is 1. The van der Waals surface area contributed by atoms with Gasteiger partial charge in [-0.05, 0) is 25.0 Å². The summed E-state index contributed by atoms with van der Waals surface area (Å²) in [6.07, 6.45) is 0.818. The molecular weight excluding hydrogens is 371 g/mol. The molecule has 4 heterocycles. The predicted molar refractivity (Wildman–Crippen MR) is 100 cm³/mol. The molecule has 1 fully saturated rings. The van der Waals surface area contributed by atoms with Crippen LogP contribution in [0.15, 0.2) is 30.7 Å². The van der Waals surface area contributed by atoms with E-state index in [1.54, 1.807) is 12.4 Å². The molecule has 0 saturated carbocycles. The Labute approximate surface area is 159 Å². The van der Waals surface area contributed by atoms with Crippen LogP contribution < -0.4 is 4.90 Å². The number of pyridine rings is 2. The number of alkyl halides is 3. The lowest BCUT2D eigenvalue weighted by atomic mass is 10.0. The number of aromatic nitrogens is 3. The number of piperidine rings is 1. The van der Waals surface area contributed by atoms with Crippen LogP contribution >= 0.6 is 0 Å². The molecule has 1 atom stereocenters. The molecule has 148 valence electrons. The van der Waals surface area contributed by atoms with Crippen LogP contribution in [0.4, 0.5) is 19.0 Å². The number of halogens is 3. The molecule has 0 spiro atoms. The molecule has 0 aliphatic carbocycles. The summed E-state index contributed by atoms with van der Waals surface area (Å²) in [6, 6.07) is 3.54. The minimum Gasteiger partial charge on any atom is -0.354 e. The third kappa shape index (κ3) is 3.48. The number of aromatic amines is 1. The van der Waals surface area contributed by atoms with E-state index in [1.165, 1.54) is 11.9 Å². The van der Waals surface area contributed by atoms with Gasteiger partial charge in [0.05, 0.1) is 0 Å². The van der Waals surface area contributed by atoms with E-state index in [2.05, 4.69) is 19.9 Å². The first-order valence-corrected chi connectivity index (χ1v) is 9.11. The van der Waals surface area contributed by atoms with Crippen LogP contribution in [0.5, 0.6) is 0 Å². The number of carbonyl (C=O) groups is 1. The number of amides is 1. The minimum absolute atomic E-state index is 0.288. The van der Waals surface area contributed by atoms with Crippen LogP contribution in [0.1, 0.15) is 19.3 Å². The van der Waals surface area contributed by atoms with E-state index in [1.807, 2.05) is 18.3 Å². The highest BCUT2D eigenvalue weighted by Gasteiger charge is 2.35. The van der Waals surface area contributed by atoms with E-state index in [-0.39, 0.29) is 6.04 Å². The molecule has 1 saturated heterocycles. The Hall–Kier alpha value is -2.84. The van der Waals surface area contributed by atoms with Gasteiger partial charge in [0.15, 0.2) is 0 Å². The SMILES string of the molecule is CN(C(=O)CC(F)(F)F)C1CCCN(c2nccc3cnc4[nH]ccc4c23)C1. The molecule has 0 aromatic carbocycles. The molecule has 1 amide bonds. The lowest BCUT2D eigenvalue weighted by molar-refractivity contribution is -0.162. The largest absolute Gasteiger partial charge is 0.397 e. The Balaban J connectivity index is 1.63. The first-order chi connectivity index (χ1) is 13.3. The summed E-state index contributed by atoms with van der Waals surface area (Å²) in [7, 11) is 1.45. The fourth-order valence-corrected chi connectivity index (χ4v) is 3.85. The van der Waals surface area contributed by atoms with Gasteiger partial charge in [-0.3, -0.25) is 4.79 Å². The average Bonchev–Trinajstić information content (AvgIpc) is 3.14. The van der Waals surface area contributed by atoms with Gasteiger partial charge in [-0.1, -0.05) is 0 Å². The number of nitrogens with one attached hydrogen (secondary N) is 1. The summed E-state index contributed by atoms with van der Waals surface area (Å²) in [5, 5.41) is 2.85. The van der Waals surface area contributed by atoms with Crippen molar-refractivity contribution in [2.24, 2.45) is 0 Å². The minimum atomic E-state index is -4.50. The summed E-state index contributed by atoms with van der Waals surface area (Å²) in [5.74, 6) is -0.131. The van der Waals surface area contributed by atoms with Crippen molar-refractivity contribution in [3.8, 4) is 0 Å². The molecule has 9 heteroatoms. The zero-order chi connectivity index (χ0) is 19.9. The molecule has 0 radical (unpaired) electrons. The van der Waals surface area contributed by atoms with Crippen LogP contribution in [0, 0.1) is 0 Å². The van der Waals surface area contributed by atoms with Gasteiger partial charge in [0.2, 0.25) is 5.91 Å². The number of anilines is 1. The van der Waals surface area contributed by atoms with Crippen molar-refractivity contribution in [2.75, 3.05) is 25.0 Å². The van der Waals surface area contributed by atoms with Crippen molar-refractivity contribution in [2.45, 2.75) is 31.5 Å². The second-order valence-electron chi connectivity index (χ2n) is 7.14. The highest BCUT2D eigenvalue weighted by molar-refractivity contribution is 6.10. The molecule has 4 rings (SSSR count). The average molecular weight is 391 g/mol. The van der Waals surface area contributed by atoms with Gasteiger partial charge >= 0.3 is 6.18 Å². The van der Waals surface area contributed by atoms with Crippen molar-refractivity contribution in [3.63, 3.8) is 0 Å². The lowest BCUT2D eigenvalue weighted by Crippen LogP contribution is -2.49. The van der Waals surface area contributed by atoms with Crippen LogP contribution in [-0.4, -0.2) is 58.1 Å².